The van der Waals surface area contributed by atoms with Crippen molar-refractivity contribution in [2.75, 3.05) is 13.1 Å². The number of halogens is 2. The SMILES string of the molecule is Cc1ccc(F)c(C(=O)NCCN2C(=O)SC(=Cc3ccccc3F)C2=O)c1. The van der Waals surface area contributed by atoms with Crippen LogP contribution < -0.4 is 5.32 Å². The smallest absolute Gasteiger partial charge is 0.293 e. The highest BCUT2D eigenvalue weighted by Gasteiger charge is 2.34. The van der Waals surface area contributed by atoms with Crippen LogP contribution in [0.3, 0.4) is 0 Å². The molecule has 2 aromatic rings. The minimum absolute atomic E-state index is 0.0305. The van der Waals surface area contributed by atoms with Crippen LogP contribution in [0.1, 0.15) is 21.5 Å². The van der Waals surface area contributed by atoms with Crippen molar-refractivity contribution < 1.29 is 23.2 Å². The molecule has 0 radical (unpaired) electrons. The van der Waals surface area contributed by atoms with E-state index in [0.717, 1.165) is 10.5 Å². The van der Waals surface area contributed by atoms with E-state index in [9.17, 15) is 23.2 Å². The van der Waals surface area contributed by atoms with Crippen LogP contribution >= 0.6 is 11.8 Å². The van der Waals surface area contributed by atoms with Gasteiger partial charge >= 0.3 is 0 Å². The number of carbonyl (C=O) groups excluding carboxylic acids is 3. The van der Waals surface area contributed by atoms with Gasteiger partial charge in [-0.3, -0.25) is 19.3 Å². The second-order valence-electron chi connectivity index (χ2n) is 6.09. The molecule has 0 aromatic heterocycles. The quantitative estimate of drug-likeness (QED) is 0.774. The van der Waals surface area contributed by atoms with E-state index in [1.54, 1.807) is 19.1 Å². The summed E-state index contributed by atoms with van der Waals surface area (Å²) in [6.45, 7) is 1.63. The molecule has 3 rings (SSSR count). The molecule has 1 heterocycles. The van der Waals surface area contributed by atoms with Crippen molar-refractivity contribution in [3.63, 3.8) is 0 Å². The second kappa shape index (κ2) is 8.35. The minimum Gasteiger partial charge on any atom is -0.350 e. The number of carbonyl (C=O) groups is 3. The molecule has 144 valence electrons. The average Bonchev–Trinajstić information content (AvgIpc) is 2.92. The van der Waals surface area contributed by atoms with Crippen molar-refractivity contribution in [3.8, 4) is 0 Å². The molecule has 1 N–H and O–H groups in total. The Bertz CT molecular complexity index is 991. The molecular weight excluding hydrogens is 386 g/mol. The van der Waals surface area contributed by atoms with E-state index < -0.39 is 28.7 Å². The van der Waals surface area contributed by atoms with Crippen molar-refractivity contribution in [1.29, 1.82) is 0 Å². The molecule has 28 heavy (non-hydrogen) atoms. The number of nitrogens with zero attached hydrogens (tertiary/aromatic N) is 1. The van der Waals surface area contributed by atoms with E-state index in [4.69, 9.17) is 0 Å². The predicted octanol–water partition coefficient (Wildman–Crippen LogP) is 3.74. The Balaban J connectivity index is 1.63. The normalized spacial score (nSPS) is 15.4. The van der Waals surface area contributed by atoms with Crippen LogP contribution in [0, 0.1) is 18.6 Å². The van der Waals surface area contributed by atoms with Crippen molar-refractivity contribution in [3.05, 3.63) is 75.7 Å². The largest absolute Gasteiger partial charge is 0.350 e. The van der Waals surface area contributed by atoms with Gasteiger partial charge in [-0.05, 0) is 43.0 Å². The number of hydrogen-bond donors (Lipinski definition) is 1. The van der Waals surface area contributed by atoms with Gasteiger partial charge in [0.05, 0.1) is 10.5 Å². The summed E-state index contributed by atoms with van der Waals surface area (Å²) < 4.78 is 27.5. The van der Waals surface area contributed by atoms with Crippen LogP contribution in [-0.2, 0) is 4.79 Å². The zero-order chi connectivity index (χ0) is 20.3. The van der Waals surface area contributed by atoms with Gasteiger partial charge in [0, 0.05) is 18.7 Å². The highest BCUT2D eigenvalue weighted by molar-refractivity contribution is 8.18. The number of aryl methyl sites for hydroxylation is 1. The summed E-state index contributed by atoms with van der Waals surface area (Å²) in [4.78, 5) is 37.6. The first kappa shape index (κ1) is 19.8. The number of nitrogens with one attached hydrogen (secondary N) is 1. The van der Waals surface area contributed by atoms with Crippen LogP contribution in [0.4, 0.5) is 13.6 Å². The van der Waals surface area contributed by atoms with Gasteiger partial charge in [0.1, 0.15) is 11.6 Å². The summed E-state index contributed by atoms with van der Waals surface area (Å²) in [5, 5.41) is 1.98. The van der Waals surface area contributed by atoms with E-state index in [2.05, 4.69) is 5.32 Å². The molecule has 0 spiro atoms. The number of thioether (sulfide) groups is 1. The monoisotopic (exact) mass is 402 g/mol. The Morgan fingerprint density at radius 1 is 1.14 bits per heavy atom. The molecule has 0 aliphatic carbocycles. The Morgan fingerprint density at radius 2 is 1.89 bits per heavy atom. The van der Waals surface area contributed by atoms with Crippen LogP contribution in [0.15, 0.2) is 47.4 Å². The topological polar surface area (TPSA) is 66.5 Å². The fourth-order valence-electron chi connectivity index (χ4n) is 2.62. The summed E-state index contributed by atoms with van der Waals surface area (Å²) >= 11 is 0.704. The zero-order valence-corrected chi connectivity index (χ0v) is 15.7. The lowest BCUT2D eigenvalue weighted by Crippen LogP contribution is -2.37. The maximum Gasteiger partial charge on any atom is 0.293 e. The summed E-state index contributed by atoms with van der Waals surface area (Å²) in [6.07, 6.45) is 1.32. The molecule has 0 bridgehead atoms. The number of hydrogen-bond acceptors (Lipinski definition) is 4. The number of imide groups is 1. The average molecular weight is 402 g/mol. The van der Waals surface area contributed by atoms with Gasteiger partial charge < -0.3 is 5.32 Å². The Morgan fingerprint density at radius 3 is 2.64 bits per heavy atom. The van der Waals surface area contributed by atoms with Crippen LogP contribution in [0.25, 0.3) is 6.08 Å². The molecule has 3 amide bonds. The standard InChI is InChI=1S/C20H16F2N2O3S/c1-12-6-7-16(22)14(10-12)18(25)23-8-9-24-19(26)17(28-20(24)27)11-13-4-2-3-5-15(13)21/h2-7,10-11H,8-9H2,1H3,(H,23,25). The van der Waals surface area contributed by atoms with E-state index in [-0.39, 0.29) is 29.1 Å². The Labute approximate surface area is 164 Å². The van der Waals surface area contributed by atoms with E-state index >= 15 is 0 Å². The first-order valence-electron chi connectivity index (χ1n) is 8.41. The summed E-state index contributed by atoms with van der Waals surface area (Å²) in [7, 11) is 0. The zero-order valence-electron chi connectivity index (χ0n) is 14.9. The third-order valence-corrected chi connectivity index (χ3v) is 4.96. The molecule has 1 saturated heterocycles. The van der Waals surface area contributed by atoms with Crippen molar-refractivity contribution >= 4 is 34.9 Å². The minimum atomic E-state index is -0.651. The Hall–Kier alpha value is -3.00. The number of amides is 3. The fourth-order valence-corrected chi connectivity index (χ4v) is 3.47. The van der Waals surface area contributed by atoms with Crippen LogP contribution in [0.5, 0.6) is 0 Å². The van der Waals surface area contributed by atoms with Gasteiger partial charge in [-0.25, -0.2) is 8.78 Å². The molecule has 0 atom stereocenters. The molecule has 0 unspecified atom stereocenters. The fraction of sp³-hybridized carbons (Fsp3) is 0.150. The summed E-state index contributed by atoms with van der Waals surface area (Å²) in [5.74, 6) is -2.34. The summed E-state index contributed by atoms with van der Waals surface area (Å²) in [6, 6.07) is 10.1. The van der Waals surface area contributed by atoms with Crippen molar-refractivity contribution in [2.45, 2.75) is 6.92 Å². The third-order valence-electron chi connectivity index (χ3n) is 4.05. The maximum absolute atomic E-state index is 13.7. The van der Waals surface area contributed by atoms with E-state index in [0.29, 0.717) is 11.8 Å². The van der Waals surface area contributed by atoms with Gasteiger partial charge in [-0.1, -0.05) is 29.8 Å². The number of benzene rings is 2. The molecule has 8 heteroatoms. The third kappa shape index (κ3) is 4.28. The van der Waals surface area contributed by atoms with Crippen LogP contribution in [-0.4, -0.2) is 35.0 Å². The van der Waals surface area contributed by atoms with Crippen molar-refractivity contribution in [2.24, 2.45) is 0 Å². The van der Waals surface area contributed by atoms with Gasteiger partial charge in [0.15, 0.2) is 0 Å². The van der Waals surface area contributed by atoms with E-state index in [1.165, 1.54) is 36.4 Å². The molecule has 1 aliphatic rings. The van der Waals surface area contributed by atoms with Gasteiger partial charge in [-0.15, -0.1) is 0 Å². The van der Waals surface area contributed by atoms with E-state index in [1.807, 2.05) is 0 Å². The predicted molar refractivity (Wildman–Crippen MR) is 103 cm³/mol. The second-order valence-corrected chi connectivity index (χ2v) is 7.09. The lowest BCUT2D eigenvalue weighted by Gasteiger charge is -2.13. The lowest BCUT2D eigenvalue weighted by molar-refractivity contribution is -0.122. The molecule has 5 nitrogen and oxygen atoms in total. The first-order valence-corrected chi connectivity index (χ1v) is 9.22. The lowest BCUT2D eigenvalue weighted by atomic mass is 10.1. The van der Waals surface area contributed by atoms with Crippen LogP contribution in [0.2, 0.25) is 0 Å². The van der Waals surface area contributed by atoms with Gasteiger partial charge in [0.2, 0.25) is 0 Å². The molecule has 1 fully saturated rings. The number of rotatable bonds is 5. The molecule has 1 aliphatic heterocycles. The highest BCUT2D eigenvalue weighted by Crippen LogP contribution is 2.32. The maximum atomic E-state index is 13.7. The molecular formula is C20H16F2N2O3S. The summed E-state index contributed by atoms with van der Waals surface area (Å²) in [5.41, 5.74) is 0.834. The molecule has 0 saturated carbocycles. The first-order chi connectivity index (χ1) is 13.4. The highest BCUT2D eigenvalue weighted by atomic mass is 32.2. The molecule has 2 aromatic carbocycles. The Kier molecular flexibility index (Phi) is 5.89. The van der Waals surface area contributed by atoms with Gasteiger partial charge in [0.25, 0.3) is 17.1 Å². The van der Waals surface area contributed by atoms with Crippen molar-refractivity contribution in [1.82, 2.24) is 10.2 Å². The van der Waals surface area contributed by atoms with Gasteiger partial charge in [-0.2, -0.15) is 0 Å².